The second-order valence-electron chi connectivity index (χ2n) is 5.43. The number of rotatable bonds is 6. The molecular weight excluding hydrogens is 264 g/mol. The third kappa shape index (κ3) is 4.05. The molecule has 0 bridgehead atoms. The van der Waals surface area contributed by atoms with Crippen LogP contribution in [0.4, 0.5) is 0 Å². The van der Waals surface area contributed by atoms with Crippen molar-refractivity contribution in [2.24, 2.45) is 5.92 Å². The quantitative estimate of drug-likeness (QED) is 0.805. The molecule has 1 amide bonds. The smallest absolute Gasteiger partial charge is 0.226 e. The van der Waals surface area contributed by atoms with E-state index in [0.29, 0.717) is 26.1 Å². The van der Waals surface area contributed by atoms with E-state index in [1.807, 2.05) is 6.07 Å². The van der Waals surface area contributed by atoms with Crippen LogP contribution in [0.2, 0.25) is 0 Å². The number of carbonyl (C=O) groups is 1. The summed E-state index contributed by atoms with van der Waals surface area (Å²) in [6.45, 7) is 1.58. The van der Waals surface area contributed by atoms with Gasteiger partial charge in [0.05, 0.1) is 19.1 Å². The standard InChI is InChI=1S/C17H22N2O2/c1-21-12-11-19(10-4-9-18)17(20)16-8-7-14-5-2-3-6-15(14)13-16/h2-3,5-6,16H,4,7-8,10-13H2,1H3. The molecule has 1 aromatic carbocycles. The van der Waals surface area contributed by atoms with Gasteiger partial charge in [0.15, 0.2) is 0 Å². The highest BCUT2D eigenvalue weighted by Crippen LogP contribution is 2.26. The number of benzene rings is 1. The van der Waals surface area contributed by atoms with E-state index in [1.165, 1.54) is 11.1 Å². The lowest BCUT2D eigenvalue weighted by molar-refractivity contribution is -0.136. The third-order valence-electron chi connectivity index (χ3n) is 4.07. The average molecular weight is 286 g/mol. The fourth-order valence-electron chi connectivity index (χ4n) is 2.89. The molecule has 1 atom stereocenters. The molecule has 0 fully saturated rings. The maximum atomic E-state index is 12.7. The molecular formula is C17H22N2O2. The minimum Gasteiger partial charge on any atom is -0.383 e. The minimum atomic E-state index is 0.0375. The molecule has 4 heteroatoms. The lowest BCUT2D eigenvalue weighted by Crippen LogP contribution is -2.40. The van der Waals surface area contributed by atoms with Gasteiger partial charge in [-0.1, -0.05) is 24.3 Å². The Morgan fingerprint density at radius 2 is 2.14 bits per heavy atom. The van der Waals surface area contributed by atoms with E-state index in [1.54, 1.807) is 12.0 Å². The number of hydrogen-bond acceptors (Lipinski definition) is 3. The first-order chi connectivity index (χ1) is 10.3. The van der Waals surface area contributed by atoms with Gasteiger partial charge in [-0.15, -0.1) is 0 Å². The summed E-state index contributed by atoms with van der Waals surface area (Å²) in [7, 11) is 1.63. The van der Waals surface area contributed by atoms with Crippen LogP contribution in [-0.2, 0) is 22.4 Å². The minimum absolute atomic E-state index is 0.0375. The van der Waals surface area contributed by atoms with E-state index in [4.69, 9.17) is 10.00 Å². The molecule has 4 nitrogen and oxygen atoms in total. The summed E-state index contributed by atoms with van der Waals surface area (Å²) in [6, 6.07) is 10.5. The highest BCUT2D eigenvalue weighted by Gasteiger charge is 2.27. The summed E-state index contributed by atoms with van der Waals surface area (Å²) in [6.07, 6.45) is 3.04. The van der Waals surface area contributed by atoms with E-state index in [-0.39, 0.29) is 11.8 Å². The maximum absolute atomic E-state index is 12.7. The van der Waals surface area contributed by atoms with Gasteiger partial charge < -0.3 is 9.64 Å². The summed E-state index contributed by atoms with van der Waals surface area (Å²) >= 11 is 0. The van der Waals surface area contributed by atoms with Gasteiger partial charge >= 0.3 is 0 Å². The molecule has 0 radical (unpaired) electrons. The molecule has 1 aromatic rings. The van der Waals surface area contributed by atoms with Gasteiger partial charge in [0.2, 0.25) is 5.91 Å². The van der Waals surface area contributed by atoms with Gasteiger partial charge in [-0.3, -0.25) is 4.79 Å². The number of fused-ring (bicyclic) bond motifs is 1. The summed E-state index contributed by atoms with van der Waals surface area (Å²) in [5.41, 5.74) is 2.65. The molecule has 0 saturated carbocycles. The first-order valence-electron chi connectivity index (χ1n) is 7.47. The Hall–Kier alpha value is -1.86. The Kier molecular flexibility index (Phi) is 5.77. The van der Waals surface area contributed by atoms with Crippen molar-refractivity contribution in [2.75, 3.05) is 26.8 Å². The summed E-state index contributed by atoms with van der Waals surface area (Å²) in [5.74, 6) is 0.201. The molecule has 112 valence electrons. The van der Waals surface area contributed by atoms with E-state index in [2.05, 4.69) is 24.3 Å². The maximum Gasteiger partial charge on any atom is 0.226 e. The Balaban J connectivity index is 2.02. The zero-order chi connectivity index (χ0) is 15.1. The molecule has 1 unspecified atom stereocenters. The molecule has 0 aromatic heterocycles. The largest absolute Gasteiger partial charge is 0.383 e. The zero-order valence-corrected chi connectivity index (χ0v) is 12.5. The first-order valence-corrected chi connectivity index (χ1v) is 7.47. The molecule has 0 N–H and O–H groups in total. The van der Waals surface area contributed by atoms with Crippen molar-refractivity contribution in [1.82, 2.24) is 4.90 Å². The van der Waals surface area contributed by atoms with Gasteiger partial charge in [-0.05, 0) is 30.4 Å². The second kappa shape index (κ2) is 7.80. The fraction of sp³-hybridized carbons (Fsp3) is 0.529. The monoisotopic (exact) mass is 286 g/mol. The highest BCUT2D eigenvalue weighted by molar-refractivity contribution is 5.79. The third-order valence-corrected chi connectivity index (χ3v) is 4.07. The van der Waals surface area contributed by atoms with Crippen LogP contribution in [0.1, 0.15) is 24.0 Å². The number of nitriles is 1. The van der Waals surface area contributed by atoms with Gasteiger partial charge in [-0.2, -0.15) is 5.26 Å². The predicted molar refractivity (Wildman–Crippen MR) is 80.6 cm³/mol. The molecule has 1 aliphatic rings. The van der Waals surface area contributed by atoms with Crippen molar-refractivity contribution >= 4 is 5.91 Å². The average Bonchev–Trinajstić information content (AvgIpc) is 2.54. The molecule has 0 saturated heterocycles. The van der Waals surface area contributed by atoms with Crippen LogP contribution in [0.25, 0.3) is 0 Å². The highest BCUT2D eigenvalue weighted by atomic mass is 16.5. The van der Waals surface area contributed by atoms with Crippen LogP contribution in [0, 0.1) is 17.2 Å². The Morgan fingerprint density at radius 3 is 2.86 bits per heavy atom. The van der Waals surface area contributed by atoms with Crippen LogP contribution in [0.5, 0.6) is 0 Å². The first kappa shape index (κ1) is 15.5. The lowest BCUT2D eigenvalue weighted by atomic mass is 9.83. The molecule has 21 heavy (non-hydrogen) atoms. The Bertz CT molecular complexity index is 522. The van der Waals surface area contributed by atoms with Crippen LogP contribution in [-0.4, -0.2) is 37.6 Å². The molecule has 0 spiro atoms. The molecule has 0 heterocycles. The number of hydrogen-bond donors (Lipinski definition) is 0. The van der Waals surface area contributed by atoms with Crippen LogP contribution in [0.15, 0.2) is 24.3 Å². The number of ether oxygens (including phenoxy) is 1. The number of nitrogens with zero attached hydrogens (tertiary/aromatic N) is 2. The Morgan fingerprint density at radius 1 is 1.38 bits per heavy atom. The van der Waals surface area contributed by atoms with Crippen LogP contribution < -0.4 is 0 Å². The van der Waals surface area contributed by atoms with Gasteiger partial charge in [0, 0.05) is 26.1 Å². The van der Waals surface area contributed by atoms with Crippen LogP contribution in [0.3, 0.4) is 0 Å². The van der Waals surface area contributed by atoms with Gasteiger partial charge in [-0.25, -0.2) is 0 Å². The van der Waals surface area contributed by atoms with E-state index < -0.39 is 0 Å². The van der Waals surface area contributed by atoms with E-state index in [9.17, 15) is 4.79 Å². The lowest BCUT2D eigenvalue weighted by Gasteiger charge is -2.29. The summed E-state index contributed by atoms with van der Waals surface area (Å²) in [5, 5.41) is 8.74. The topological polar surface area (TPSA) is 53.3 Å². The Labute approximate surface area is 126 Å². The molecule has 1 aliphatic carbocycles. The van der Waals surface area contributed by atoms with Crippen molar-refractivity contribution in [2.45, 2.75) is 25.7 Å². The summed E-state index contributed by atoms with van der Waals surface area (Å²) < 4.78 is 5.07. The zero-order valence-electron chi connectivity index (χ0n) is 12.5. The number of amides is 1. The van der Waals surface area contributed by atoms with Crippen molar-refractivity contribution in [1.29, 1.82) is 5.26 Å². The second-order valence-corrected chi connectivity index (χ2v) is 5.43. The van der Waals surface area contributed by atoms with Crippen molar-refractivity contribution in [3.05, 3.63) is 35.4 Å². The predicted octanol–water partition coefficient (Wildman–Crippen LogP) is 2.18. The van der Waals surface area contributed by atoms with Gasteiger partial charge in [0.1, 0.15) is 0 Å². The molecule has 2 rings (SSSR count). The molecule has 0 aliphatic heterocycles. The fourth-order valence-corrected chi connectivity index (χ4v) is 2.89. The van der Waals surface area contributed by atoms with Crippen molar-refractivity contribution in [3.8, 4) is 6.07 Å². The van der Waals surface area contributed by atoms with Gasteiger partial charge in [0.25, 0.3) is 0 Å². The van der Waals surface area contributed by atoms with E-state index in [0.717, 1.165) is 19.3 Å². The SMILES string of the molecule is COCCN(CCC#N)C(=O)C1CCc2ccccc2C1. The summed E-state index contributed by atoms with van der Waals surface area (Å²) in [4.78, 5) is 14.5. The number of carbonyl (C=O) groups excluding carboxylic acids is 1. The van der Waals surface area contributed by atoms with E-state index >= 15 is 0 Å². The normalized spacial score (nSPS) is 16.9. The van der Waals surface area contributed by atoms with Crippen LogP contribution >= 0.6 is 0 Å². The number of aryl methyl sites for hydroxylation is 1. The van der Waals surface area contributed by atoms with Crippen molar-refractivity contribution in [3.63, 3.8) is 0 Å². The number of methoxy groups -OCH3 is 1. The van der Waals surface area contributed by atoms with Crippen molar-refractivity contribution < 1.29 is 9.53 Å².